The van der Waals surface area contributed by atoms with Gasteiger partial charge in [-0.15, -0.1) is 0 Å². The zero-order chi connectivity index (χ0) is 7.84. The predicted molar refractivity (Wildman–Crippen MR) is 49.1 cm³/mol. The lowest BCUT2D eigenvalue weighted by Crippen LogP contribution is -1.99. The Morgan fingerprint density at radius 2 is 2.27 bits per heavy atom. The zero-order valence-electron chi connectivity index (χ0n) is 5.84. The van der Waals surface area contributed by atoms with Gasteiger partial charge >= 0.3 is 0 Å². The molecule has 1 heterocycles. The first kappa shape index (κ1) is 7.50. The molecule has 1 aliphatic carbocycles. The smallest absolute Gasteiger partial charge is 0.167 e. The van der Waals surface area contributed by atoms with Crippen molar-refractivity contribution in [1.29, 1.82) is 0 Å². The largest absolute Gasteiger partial charge is 0.294 e. The Balaban J connectivity index is 2.27. The van der Waals surface area contributed by atoms with Gasteiger partial charge in [-0.05, 0) is 28.8 Å². The van der Waals surface area contributed by atoms with Crippen LogP contribution in [0.4, 0.5) is 0 Å². The van der Waals surface area contributed by atoms with Crippen LogP contribution < -0.4 is 0 Å². The van der Waals surface area contributed by atoms with E-state index < -0.39 is 0 Å². The van der Waals surface area contributed by atoms with Crippen LogP contribution in [-0.2, 0) is 0 Å². The molecule has 1 aromatic rings. The summed E-state index contributed by atoms with van der Waals surface area (Å²) in [6.45, 7) is 0. The summed E-state index contributed by atoms with van der Waals surface area (Å²) in [6.07, 6.45) is 2.17. The standard InChI is InChI=1S/C8H7BrOS/c9-7-4-11-3-6(7)8(10)5-1-2-5/h3-5H,1-2H2. The average molecular weight is 231 g/mol. The van der Waals surface area contributed by atoms with E-state index in [1.54, 1.807) is 11.3 Å². The zero-order valence-corrected chi connectivity index (χ0v) is 8.24. The lowest BCUT2D eigenvalue weighted by Gasteiger charge is -1.93. The van der Waals surface area contributed by atoms with Crippen molar-refractivity contribution in [2.45, 2.75) is 12.8 Å². The summed E-state index contributed by atoms with van der Waals surface area (Å²) in [5, 5.41) is 3.88. The Hall–Kier alpha value is -0.150. The molecule has 1 aliphatic rings. The van der Waals surface area contributed by atoms with Crippen LogP contribution in [0.15, 0.2) is 15.2 Å². The molecule has 0 N–H and O–H groups in total. The fourth-order valence-electron chi connectivity index (χ4n) is 1.02. The molecule has 11 heavy (non-hydrogen) atoms. The molecular weight excluding hydrogens is 224 g/mol. The lowest BCUT2D eigenvalue weighted by atomic mass is 10.1. The van der Waals surface area contributed by atoms with Gasteiger partial charge in [-0.3, -0.25) is 4.79 Å². The van der Waals surface area contributed by atoms with Gasteiger partial charge in [0.15, 0.2) is 5.78 Å². The minimum absolute atomic E-state index is 0.318. The summed E-state index contributed by atoms with van der Waals surface area (Å²) >= 11 is 4.92. The first-order chi connectivity index (χ1) is 5.29. The third kappa shape index (κ3) is 1.40. The van der Waals surface area contributed by atoms with Gasteiger partial charge in [0.05, 0.1) is 0 Å². The quantitative estimate of drug-likeness (QED) is 0.714. The molecule has 0 radical (unpaired) electrons. The molecule has 0 amide bonds. The second-order valence-electron chi connectivity index (χ2n) is 2.77. The molecule has 1 saturated carbocycles. The van der Waals surface area contributed by atoms with Crippen molar-refractivity contribution in [3.8, 4) is 0 Å². The number of Topliss-reactive ketones (excluding diaryl/α,β-unsaturated/α-hetero) is 1. The highest BCUT2D eigenvalue weighted by atomic mass is 79.9. The molecule has 0 bridgehead atoms. The molecule has 2 rings (SSSR count). The Morgan fingerprint density at radius 3 is 2.73 bits per heavy atom. The lowest BCUT2D eigenvalue weighted by molar-refractivity contribution is 0.0967. The first-order valence-electron chi connectivity index (χ1n) is 3.55. The number of ketones is 1. The van der Waals surface area contributed by atoms with Crippen LogP contribution in [0.1, 0.15) is 23.2 Å². The van der Waals surface area contributed by atoms with E-state index in [4.69, 9.17) is 0 Å². The molecule has 0 unspecified atom stereocenters. The van der Waals surface area contributed by atoms with Crippen molar-refractivity contribution >= 4 is 33.0 Å². The van der Waals surface area contributed by atoms with Gasteiger partial charge in [0.1, 0.15) is 0 Å². The molecule has 1 aromatic heterocycles. The van der Waals surface area contributed by atoms with Crippen molar-refractivity contribution in [3.63, 3.8) is 0 Å². The molecule has 0 atom stereocenters. The molecule has 0 aromatic carbocycles. The van der Waals surface area contributed by atoms with E-state index in [0.717, 1.165) is 22.9 Å². The average Bonchev–Trinajstić information content (AvgIpc) is 2.74. The molecule has 0 spiro atoms. The maximum Gasteiger partial charge on any atom is 0.167 e. The van der Waals surface area contributed by atoms with E-state index in [2.05, 4.69) is 15.9 Å². The van der Waals surface area contributed by atoms with Crippen LogP contribution in [0.5, 0.6) is 0 Å². The van der Waals surface area contributed by atoms with Gasteiger partial charge in [-0.1, -0.05) is 0 Å². The highest BCUT2D eigenvalue weighted by Crippen LogP contribution is 2.35. The number of carbonyl (C=O) groups excluding carboxylic acids is 1. The summed E-state index contributed by atoms with van der Waals surface area (Å²) < 4.78 is 0.958. The van der Waals surface area contributed by atoms with E-state index in [9.17, 15) is 4.79 Å². The van der Waals surface area contributed by atoms with E-state index in [0.29, 0.717) is 11.7 Å². The minimum Gasteiger partial charge on any atom is -0.294 e. The summed E-state index contributed by atoms with van der Waals surface area (Å²) in [4.78, 5) is 11.5. The summed E-state index contributed by atoms with van der Waals surface area (Å²) in [6, 6.07) is 0. The summed E-state index contributed by atoms with van der Waals surface area (Å²) in [5.74, 6) is 0.652. The van der Waals surface area contributed by atoms with Crippen molar-refractivity contribution < 1.29 is 4.79 Å². The third-order valence-electron chi connectivity index (χ3n) is 1.83. The highest BCUT2D eigenvalue weighted by molar-refractivity contribution is 9.10. The Morgan fingerprint density at radius 1 is 1.55 bits per heavy atom. The Kier molecular flexibility index (Phi) is 1.85. The van der Waals surface area contributed by atoms with E-state index in [-0.39, 0.29) is 0 Å². The maximum atomic E-state index is 11.5. The van der Waals surface area contributed by atoms with Gasteiger partial charge in [0.25, 0.3) is 0 Å². The van der Waals surface area contributed by atoms with Crippen molar-refractivity contribution in [2.24, 2.45) is 5.92 Å². The molecule has 0 aliphatic heterocycles. The van der Waals surface area contributed by atoms with Crippen LogP contribution in [0, 0.1) is 5.92 Å². The Bertz CT molecular complexity index is 288. The number of hydrogen-bond acceptors (Lipinski definition) is 2. The predicted octanol–water partition coefficient (Wildman–Crippen LogP) is 3.10. The number of carbonyl (C=O) groups is 1. The fraction of sp³-hybridized carbons (Fsp3) is 0.375. The molecule has 3 heteroatoms. The molecular formula is C8H7BrOS. The van der Waals surface area contributed by atoms with Crippen LogP contribution in [-0.4, -0.2) is 5.78 Å². The molecule has 1 nitrogen and oxygen atoms in total. The van der Waals surface area contributed by atoms with Crippen LogP contribution in [0.3, 0.4) is 0 Å². The first-order valence-corrected chi connectivity index (χ1v) is 5.28. The molecule has 0 saturated heterocycles. The third-order valence-corrected chi connectivity index (χ3v) is 3.53. The number of halogens is 1. The fourth-order valence-corrected chi connectivity index (χ4v) is 2.50. The number of thiophene rings is 1. The van der Waals surface area contributed by atoms with Crippen molar-refractivity contribution in [2.75, 3.05) is 0 Å². The number of rotatable bonds is 2. The van der Waals surface area contributed by atoms with Crippen LogP contribution >= 0.6 is 27.3 Å². The van der Waals surface area contributed by atoms with Gasteiger partial charge in [0, 0.05) is 26.7 Å². The van der Waals surface area contributed by atoms with Crippen molar-refractivity contribution in [3.05, 3.63) is 20.8 Å². The Labute approximate surface area is 77.6 Å². The topological polar surface area (TPSA) is 17.1 Å². The van der Waals surface area contributed by atoms with Crippen LogP contribution in [0.25, 0.3) is 0 Å². The van der Waals surface area contributed by atoms with Crippen molar-refractivity contribution in [1.82, 2.24) is 0 Å². The second kappa shape index (κ2) is 2.72. The van der Waals surface area contributed by atoms with Gasteiger partial charge < -0.3 is 0 Å². The summed E-state index contributed by atoms with van der Waals surface area (Å²) in [5.41, 5.74) is 0.873. The highest BCUT2D eigenvalue weighted by Gasteiger charge is 2.31. The minimum atomic E-state index is 0.318. The SMILES string of the molecule is O=C(c1cscc1Br)C1CC1. The second-order valence-corrected chi connectivity index (χ2v) is 4.37. The molecule has 1 fully saturated rings. The van der Waals surface area contributed by atoms with Gasteiger partial charge in [0.2, 0.25) is 0 Å². The maximum absolute atomic E-state index is 11.5. The van der Waals surface area contributed by atoms with E-state index in [1.807, 2.05) is 10.8 Å². The van der Waals surface area contributed by atoms with E-state index in [1.165, 1.54) is 0 Å². The number of hydrogen-bond donors (Lipinski definition) is 0. The normalized spacial score (nSPS) is 16.8. The van der Waals surface area contributed by atoms with Gasteiger partial charge in [-0.2, -0.15) is 11.3 Å². The van der Waals surface area contributed by atoms with Gasteiger partial charge in [-0.25, -0.2) is 0 Å². The molecule has 58 valence electrons. The summed E-state index contributed by atoms with van der Waals surface area (Å²) in [7, 11) is 0. The monoisotopic (exact) mass is 230 g/mol. The van der Waals surface area contributed by atoms with Crippen LogP contribution in [0.2, 0.25) is 0 Å². The van der Waals surface area contributed by atoms with E-state index >= 15 is 0 Å².